The fourth-order valence-corrected chi connectivity index (χ4v) is 3.64. The summed E-state index contributed by atoms with van der Waals surface area (Å²) in [6, 6.07) is 12.2. The highest BCUT2D eigenvalue weighted by molar-refractivity contribution is 7.98. The predicted molar refractivity (Wildman–Crippen MR) is 111 cm³/mol. The average molecular weight is 410 g/mol. The molecule has 1 aromatic carbocycles. The Morgan fingerprint density at radius 1 is 1.07 bits per heavy atom. The van der Waals surface area contributed by atoms with Crippen molar-refractivity contribution in [1.82, 2.24) is 24.9 Å². The van der Waals surface area contributed by atoms with Gasteiger partial charge in [0.05, 0.1) is 24.1 Å². The van der Waals surface area contributed by atoms with Crippen molar-refractivity contribution in [1.29, 1.82) is 0 Å². The number of furan rings is 1. The zero-order valence-corrected chi connectivity index (χ0v) is 17.7. The zero-order chi connectivity index (χ0) is 20.4. The number of thioether (sulfide) groups is 1. The molecule has 0 aliphatic heterocycles. The van der Waals surface area contributed by atoms with E-state index in [-0.39, 0.29) is 5.41 Å². The van der Waals surface area contributed by atoms with Gasteiger partial charge in [-0.1, -0.05) is 68.0 Å². The number of nitrogens with zero attached hydrogens (tertiary/aromatic N) is 5. The topological polar surface area (TPSA) is 82.8 Å². The number of hydrogen-bond acceptors (Lipinski definition) is 7. The fourth-order valence-electron chi connectivity index (χ4n) is 2.86. The predicted octanol–water partition coefficient (Wildman–Crippen LogP) is 4.87. The van der Waals surface area contributed by atoms with Gasteiger partial charge in [-0.25, -0.2) is 0 Å². The first kappa shape index (κ1) is 19.4. The molecule has 0 atom stereocenters. The van der Waals surface area contributed by atoms with E-state index in [9.17, 15) is 0 Å². The molecule has 8 heteroatoms. The molecule has 29 heavy (non-hydrogen) atoms. The number of rotatable bonds is 6. The highest BCUT2D eigenvalue weighted by Crippen LogP contribution is 2.29. The van der Waals surface area contributed by atoms with Gasteiger partial charge in [0.15, 0.2) is 16.8 Å². The molecule has 0 fully saturated rings. The molecule has 4 rings (SSSR count). The van der Waals surface area contributed by atoms with E-state index >= 15 is 0 Å². The van der Waals surface area contributed by atoms with Crippen LogP contribution < -0.4 is 0 Å². The lowest BCUT2D eigenvalue weighted by molar-refractivity contribution is 0.372. The van der Waals surface area contributed by atoms with Gasteiger partial charge in [0.25, 0.3) is 0 Å². The lowest BCUT2D eigenvalue weighted by Crippen LogP contribution is -2.13. The Hall–Kier alpha value is -2.87. The van der Waals surface area contributed by atoms with Gasteiger partial charge in [-0.15, -0.1) is 10.2 Å². The van der Waals surface area contributed by atoms with E-state index in [0.717, 1.165) is 22.3 Å². The monoisotopic (exact) mass is 409 g/mol. The molecule has 0 aliphatic rings. The van der Waals surface area contributed by atoms with Gasteiger partial charge >= 0.3 is 0 Å². The first-order chi connectivity index (χ1) is 13.9. The zero-order valence-electron chi connectivity index (χ0n) is 16.9. The first-order valence-electron chi connectivity index (χ1n) is 9.39. The number of aromatic nitrogens is 5. The Kier molecular flexibility index (Phi) is 5.27. The summed E-state index contributed by atoms with van der Waals surface area (Å²) in [4.78, 5) is 4.51. The van der Waals surface area contributed by atoms with E-state index in [0.29, 0.717) is 24.0 Å². The molecule has 3 aromatic heterocycles. The molecule has 3 heterocycles. The molecule has 0 spiro atoms. The van der Waals surface area contributed by atoms with Crippen LogP contribution in [0.25, 0.3) is 11.4 Å². The Morgan fingerprint density at radius 3 is 2.52 bits per heavy atom. The van der Waals surface area contributed by atoms with Gasteiger partial charge in [-0.3, -0.25) is 4.57 Å². The van der Waals surface area contributed by atoms with Gasteiger partial charge in [0.1, 0.15) is 5.76 Å². The summed E-state index contributed by atoms with van der Waals surface area (Å²) in [7, 11) is 0. The number of aryl methyl sites for hydroxylation is 1. The van der Waals surface area contributed by atoms with Crippen LogP contribution in [0.3, 0.4) is 0 Å². The van der Waals surface area contributed by atoms with Crippen LogP contribution in [0.15, 0.2) is 56.8 Å². The van der Waals surface area contributed by atoms with Gasteiger partial charge in [0, 0.05) is 5.41 Å². The van der Waals surface area contributed by atoms with Crippen molar-refractivity contribution in [3.63, 3.8) is 0 Å². The van der Waals surface area contributed by atoms with Crippen LogP contribution in [0.2, 0.25) is 0 Å². The van der Waals surface area contributed by atoms with Gasteiger partial charge < -0.3 is 8.94 Å². The maximum Gasteiger partial charge on any atom is 0.237 e. The van der Waals surface area contributed by atoms with E-state index in [4.69, 9.17) is 8.94 Å². The summed E-state index contributed by atoms with van der Waals surface area (Å²) in [6.45, 7) is 8.77. The second-order valence-corrected chi connectivity index (χ2v) is 8.76. The van der Waals surface area contributed by atoms with Crippen molar-refractivity contribution in [2.75, 3.05) is 0 Å². The minimum absolute atomic E-state index is 0.147. The standard InChI is InChI=1S/C21H23N5O2S/c1-14-16(10-11-27-14)18-23-24-20(26(18)12-15-8-6-5-7-9-15)29-13-17-22-19(25-28-17)21(2,3)4/h5-11H,12-13H2,1-4H3. The molecule has 0 bridgehead atoms. The Morgan fingerprint density at radius 2 is 1.86 bits per heavy atom. The second-order valence-electron chi connectivity index (χ2n) is 7.82. The van der Waals surface area contributed by atoms with Gasteiger partial charge in [-0.05, 0) is 18.6 Å². The molecular formula is C21H23N5O2S. The lowest BCUT2D eigenvalue weighted by Gasteiger charge is -2.11. The molecule has 0 radical (unpaired) electrons. The van der Waals surface area contributed by atoms with Gasteiger partial charge in [-0.2, -0.15) is 4.98 Å². The van der Waals surface area contributed by atoms with Crippen LogP contribution in [0.5, 0.6) is 0 Å². The molecule has 0 saturated heterocycles. The summed E-state index contributed by atoms with van der Waals surface area (Å²) in [5.74, 6) is 3.41. The second kappa shape index (κ2) is 7.87. The molecule has 7 nitrogen and oxygen atoms in total. The van der Waals surface area contributed by atoms with Crippen molar-refractivity contribution in [2.24, 2.45) is 0 Å². The van der Waals surface area contributed by atoms with Crippen LogP contribution in [-0.4, -0.2) is 24.9 Å². The number of benzene rings is 1. The van der Waals surface area contributed by atoms with Crippen molar-refractivity contribution in [3.05, 3.63) is 65.7 Å². The summed E-state index contributed by atoms with van der Waals surface area (Å²) >= 11 is 1.53. The van der Waals surface area contributed by atoms with E-state index in [1.165, 1.54) is 17.3 Å². The third-order valence-corrected chi connectivity index (χ3v) is 5.42. The third-order valence-electron chi connectivity index (χ3n) is 4.46. The summed E-state index contributed by atoms with van der Waals surface area (Å²) < 4.78 is 13.0. The van der Waals surface area contributed by atoms with Crippen molar-refractivity contribution >= 4 is 11.8 Å². The van der Waals surface area contributed by atoms with E-state index in [1.807, 2.05) is 31.2 Å². The van der Waals surface area contributed by atoms with Crippen molar-refractivity contribution in [2.45, 2.75) is 50.6 Å². The SMILES string of the molecule is Cc1occc1-c1nnc(SCc2nc(C(C)(C)C)no2)n1Cc1ccccc1. The Labute approximate surface area is 173 Å². The minimum Gasteiger partial charge on any atom is -0.469 e. The largest absolute Gasteiger partial charge is 0.469 e. The highest BCUT2D eigenvalue weighted by atomic mass is 32.2. The maximum absolute atomic E-state index is 5.48. The van der Waals surface area contributed by atoms with Crippen LogP contribution in [0.1, 0.15) is 43.8 Å². The average Bonchev–Trinajstić information content (AvgIpc) is 3.41. The quantitative estimate of drug-likeness (QED) is 0.420. The molecule has 0 saturated carbocycles. The molecule has 0 unspecified atom stereocenters. The maximum atomic E-state index is 5.48. The van der Waals surface area contributed by atoms with E-state index in [1.54, 1.807) is 6.26 Å². The third kappa shape index (κ3) is 4.27. The van der Waals surface area contributed by atoms with Crippen LogP contribution >= 0.6 is 11.8 Å². The Bertz CT molecular complexity index is 1090. The first-order valence-corrected chi connectivity index (χ1v) is 10.4. The molecule has 0 N–H and O–H groups in total. The van der Waals surface area contributed by atoms with E-state index < -0.39 is 0 Å². The summed E-state index contributed by atoms with van der Waals surface area (Å²) in [5.41, 5.74) is 1.96. The molecule has 4 aromatic rings. The summed E-state index contributed by atoms with van der Waals surface area (Å²) in [6.07, 6.45) is 1.67. The lowest BCUT2D eigenvalue weighted by atomic mass is 9.96. The smallest absolute Gasteiger partial charge is 0.237 e. The molecular weight excluding hydrogens is 386 g/mol. The Balaban J connectivity index is 1.62. The highest BCUT2D eigenvalue weighted by Gasteiger charge is 2.22. The van der Waals surface area contributed by atoms with Crippen molar-refractivity contribution in [3.8, 4) is 11.4 Å². The molecule has 0 amide bonds. The molecule has 150 valence electrons. The van der Waals surface area contributed by atoms with Crippen LogP contribution in [0, 0.1) is 6.92 Å². The minimum atomic E-state index is -0.147. The van der Waals surface area contributed by atoms with Crippen molar-refractivity contribution < 1.29 is 8.94 Å². The van der Waals surface area contributed by atoms with Gasteiger partial charge in [0.2, 0.25) is 5.89 Å². The van der Waals surface area contributed by atoms with E-state index in [2.05, 4.69) is 57.8 Å². The number of hydrogen-bond donors (Lipinski definition) is 0. The normalized spacial score (nSPS) is 11.9. The molecule has 0 aliphatic carbocycles. The fraction of sp³-hybridized carbons (Fsp3) is 0.333. The van der Waals surface area contributed by atoms with Crippen LogP contribution in [-0.2, 0) is 17.7 Å². The summed E-state index contributed by atoms with van der Waals surface area (Å²) in [5, 5.41) is 13.7. The van der Waals surface area contributed by atoms with Crippen LogP contribution in [0.4, 0.5) is 0 Å².